The summed E-state index contributed by atoms with van der Waals surface area (Å²) in [6, 6.07) is 3.54. The molecule has 0 aliphatic rings. The van der Waals surface area contributed by atoms with Gasteiger partial charge in [0.05, 0.1) is 5.56 Å². The lowest BCUT2D eigenvalue weighted by Crippen LogP contribution is -1.77. The van der Waals surface area contributed by atoms with Crippen LogP contribution in [0.1, 0.15) is 15.9 Å². The monoisotopic (exact) mass is 194 g/mol. The van der Waals surface area contributed by atoms with Crippen LogP contribution in [0, 0.1) is 6.92 Å². The van der Waals surface area contributed by atoms with Gasteiger partial charge in [0.25, 0.3) is 0 Å². The van der Waals surface area contributed by atoms with Crippen LogP contribution < -0.4 is 0 Å². The maximum absolute atomic E-state index is 10.6. The second kappa shape index (κ2) is 2.89. The average molecular weight is 195 g/mol. The third-order valence-corrected chi connectivity index (χ3v) is 2.20. The predicted molar refractivity (Wildman–Crippen MR) is 51.3 cm³/mol. The number of furan rings is 1. The van der Waals surface area contributed by atoms with Gasteiger partial charge in [0.1, 0.15) is 11.8 Å². The van der Waals surface area contributed by atoms with E-state index in [4.69, 9.17) is 16.0 Å². The first kappa shape index (κ1) is 8.32. The number of hydrogen-bond acceptors (Lipinski definition) is 2. The zero-order valence-electron chi connectivity index (χ0n) is 7.00. The summed E-state index contributed by atoms with van der Waals surface area (Å²) in [6.07, 6.45) is 2.21. The Morgan fingerprint density at radius 1 is 1.46 bits per heavy atom. The van der Waals surface area contributed by atoms with Crippen LogP contribution in [0.2, 0.25) is 5.02 Å². The number of aldehydes is 1. The van der Waals surface area contributed by atoms with Gasteiger partial charge in [-0.1, -0.05) is 11.6 Å². The fourth-order valence-electron chi connectivity index (χ4n) is 1.38. The van der Waals surface area contributed by atoms with Crippen LogP contribution in [0.3, 0.4) is 0 Å². The average Bonchev–Trinajstić information content (AvgIpc) is 2.47. The van der Waals surface area contributed by atoms with Gasteiger partial charge in [-0.05, 0) is 24.6 Å². The molecule has 1 aromatic heterocycles. The highest BCUT2D eigenvalue weighted by molar-refractivity contribution is 6.31. The lowest BCUT2D eigenvalue weighted by molar-refractivity contribution is 0.112. The second-order valence-corrected chi connectivity index (χ2v) is 3.34. The summed E-state index contributed by atoms with van der Waals surface area (Å²) in [7, 11) is 0. The first-order valence-electron chi connectivity index (χ1n) is 3.85. The maximum atomic E-state index is 10.6. The van der Waals surface area contributed by atoms with Crippen molar-refractivity contribution in [3.8, 4) is 0 Å². The summed E-state index contributed by atoms with van der Waals surface area (Å²) < 4.78 is 5.24. The molecule has 0 saturated heterocycles. The summed E-state index contributed by atoms with van der Waals surface area (Å²) in [5, 5.41) is 1.40. The maximum Gasteiger partial charge on any atom is 0.153 e. The zero-order valence-corrected chi connectivity index (χ0v) is 7.76. The molecule has 13 heavy (non-hydrogen) atoms. The molecule has 0 saturated carbocycles. The van der Waals surface area contributed by atoms with E-state index in [1.165, 1.54) is 6.26 Å². The lowest BCUT2D eigenvalue weighted by Gasteiger charge is -1.95. The Balaban J connectivity index is 2.89. The van der Waals surface area contributed by atoms with E-state index in [0.717, 1.165) is 22.8 Å². The normalized spacial score (nSPS) is 10.6. The number of benzene rings is 1. The van der Waals surface area contributed by atoms with E-state index in [-0.39, 0.29) is 0 Å². The van der Waals surface area contributed by atoms with Crippen molar-refractivity contribution in [1.29, 1.82) is 0 Å². The molecule has 0 atom stereocenters. The fourth-order valence-corrected chi connectivity index (χ4v) is 1.65. The summed E-state index contributed by atoms with van der Waals surface area (Å²) in [6.45, 7) is 1.90. The van der Waals surface area contributed by atoms with Crippen LogP contribution in [0.5, 0.6) is 0 Å². The Hall–Kier alpha value is -1.28. The molecule has 2 aromatic rings. The summed E-state index contributed by atoms with van der Waals surface area (Å²) >= 11 is 5.85. The molecule has 66 valence electrons. The Kier molecular flexibility index (Phi) is 1.85. The van der Waals surface area contributed by atoms with Crippen molar-refractivity contribution in [2.75, 3.05) is 0 Å². The van der Waals surface area contributed by atoms with Crippen LogP contribution in [0.25, 0.3) is 11.0 Å². The van der Waals surface area contributed by atoms with Crippen molar-refractivity contribution in [1.82, 2.24) is 0 Å². The Morgan fingerprint density at radius 3 is 2.92 bits per heavy atom. The highest BCUT2D eigenvalue weighted by Gasteiger charge is 2.07. The Morgan fingerprint density at radius 2 is 2.23 bits per heavy atom. The van der Waals surface area contributed by atoms with Crippen LogP contribution in [0.15, 0.2) is 22.8 Å². The van der Waals surface area contributed by atoms with Gasteiger partial charge < -0.3 is 4.42 Å². The smallest absolute Gasteiger partial charge is 0.153 e. The molecule has 0 bridgehead atoms. The zero-order chi connectivity index (χ0) is 9.42. The van der Waals surface area contributed by atoms with E-state index < -0.39 is 0 Å². The molecule has 0 aliphatic heterocycles. The number of carbonyl (C=O) groups excluding carboxylic acids is 1. The number of fused-ring (bicyclic) bond motifs is 1. The molecule has 0 unspecified atom stereocenters. The largest absolute Gasteiger partial charge is 0.463 e. The van der Waals surface area contributed by atoms with Crippen molar-refractivity contribution in [2.45, 2.75) is 6.92 Å². The van der Waals surface area contributed by atoms with Crippen molar-refractivity contribution in [3.63, 3.8) is 0 Å². The molecule has 0 aliphatic carbocycles. The fraction of sp³-hybridized carbons (Fsp3) is 0.100. The van der Waals surface area contributed by atoms with Gasteiger partial charge in [-0.25, -0.2) is 0 Å². The van der Waals surface area contributed by atoms with E-state index >= 15 is 0 Å². The van der Waals surface area contributed by atoms with Gasteiger partial charge in [-0.2, -0.15) is 0 Å². The molecular weight excluding hydrogens is 188 g/mol. The van der Waals surface area contributed by atoms with E-state index in [2.05, 4.69) is 0 Å². The molecule has 1 aromatic carbocycles. The van der Waals surface area contributed by atoms with Crippen LogP contribution in [0.4, 0.5) is 0 Å². The molecule has 1 heterocycles. The lowest BCUT2D eigenvalue weighted by atomic mass is 10.1. The topological polar surface area (TPSA) is 30.2 Å². The standard InChI is InChI=1S/C10H7ClO2/c1-6-2-8(11)3-9-7(4-12)5-13-10(6)9/h2-5H,1H3. The molecule has 2 nitrogen and oxygen atoms in total. The number of carbonyl (C=O) groups is 1. The Labute approximate surface area is 80.1 Å². The third-order valence-electron chi connectivity index (χ3n) is 1.98. The van der Waals surface area contributed by atoms with Crippen LogP contribution in [-0.4, -0.2) is 6.29 Å². The Bertz CT molecular complexity index is 471. The molecule has 2 rings (SSSR count). The van der Waals surface area contributed by atoms with Gasteiger partial charge in [0.15, 0.2) is 6.29 Å². The van der Waals surface area contributed by atoms with Crippen LogP contribution >= 0.6 is 11.6 Å². The number of hydrogen-bond donors (Lipinski definition) is 0. The second-order valence-electron chi connectivity index (χ2n) is 2.91. The van der Waals surface area contributed by atoms with Crippen molar-refractivity contribution in [3.05, 3.63) is 34.5 Å². The van der Waals surface area contributed by atoms with E-state index in [1.807, 2.05) is 13.0 Å². The highest BCUT2D eigenvalue weighted by atomic mass is 35.5. The highest BCUT2D eigenvalue weighted by Crippen LogP contribution is 2.26. The molecule has 0 fully saturated rings. The molecule has 0 spiro atoms. The van der Waals surface area contributed by atoms with Crippen LogP contribution in [-0.2, 0) is 0 Å². The molecule has 0 amide bonds. The van der Waals surface area contributed by atoms with Gasteiger partial charge in [-0.3, -0.25) is 4.79 Å². The van der Waals surface area contributed by atoms with E-state index in [1.54, 1.807) is 6.07 Å². The van der Waals surface area contributed by atoms with Crippen molar-refractivity contribution < 1.29 is 9.21 Å². The predicted octanol–water partition coefficient (Wildman–Crippen LogP) is 3.21. The molecule has 0 N–H and O–H groups in total. The van der Waals surface area contributed by atoms with E-state index in [9.17, 15) is 4.79 Å². The molecular formula is C10H7ClO2. The minimum absolute atomic E-state index is 0.542. The van der Waals surface area contributed by atoms with Gasteiger partial charge in [0, 0.05) is 10.4 Å². The van der Waals surface area contributed by atoms with Gasteiger partial charge >= 0.3 is 0 Å². The first-order chi connectivity index (χ1) is 6.22. The van der Waals surface area contributed by atoms with Crippen molar-refractivity contribution >= 4 is 28.9 Å². The minimum atomic E-state index is 0.542. The van der Waals surface area contributed by atoms with Gasteiger partial charge in [-0.15, -0.1) is 0 Å². The summed E-state index contributed by atoms with van der Waals surface area (Å²) in [5.41, 5.74) is 2.21. The first-order valence-corrected chi connectivity index (χ1v) is 4.22. The quantitative estimate of drug-likeness (QED) is 0.653. The number of halogens is 1. The summed E-state index contributed by atoms with van der Waals surface area (Å²) in [5.74, 6) is 0. The van der Waals surface area contributed by atoms with Crippen molar-refractivity contribution in [2.24, 2.45) is 0 Å². The third kappa shape index (κ3) is 1.23. The number of rotatable bonds is 1. The molecule has 3 heteroatoms. The van der Waals surface area contributed by atoms with E-state index in [0.29, 0.717) is 10.6 Å². The van der Waals surface area contributed by atoms with Gasteiger partial charge in [0.2, 0.25) is 0 Å². The SMILES string of the molecule is Cc1cc(Cl)cc2c(C=O)coc12. The minimum Gasteiger partial charge on any atom is -0.463 e. The summed E-state index contributed by atoms with van der Waals surface area (Å²) in [4.78, 5) is 10.6. The number of aryl methyl sites for hydroxylation is 1. The molecule has 0 radical (unpaired) electrons.